The maximum Gasteiger partial charge on any atom is 0.488 e. The molecule has 0 unspecified atom stereocenters. The van der Waals surface area contributed by atoms with Gasteiger partial charge in [-0.2, -0.15) is 12.6 Å². The largest absolute Gasteiger partial charge is 0.488 e. The standard InChI is InChI=1S/C2H3O4PS/c3-7-4-2(1-8,5-7)6-7/h8H,1H2. The zero-order valence-corrected chi connectivity index (χ0v) is 5.52. The number of hydrogen-bond donors (Lipinski definition) is 1. The second kappa shape index (κ2) is 1.15. The minimum absolute atomic E-state index is 0.289. The molecule has 0 radical (unpaired) electrons. The van der Waals surface area contributed by atoms with Crippen LogP contribution in [-0.2, 0) is 18.1 Å². The second-order valence-corrected chi connectivity index (χ2v) is 3.32. The molecule has 6 heteroatoms. The van der Waals surface area contributed by atoms with Crippen LogP contribution in [0.25, 0.3) is 0 Å². The molecular weight excluding hydrogens is 151 g/mol. The summed E-state index contributed by atoms with van der Waals surface area (Å²) in [6.07, 6.45) is 0. The lowest BCUT2D eigenvalue weighted by Gasteiger charge is -2.54. The Morgan fingerprint density at radius 1 is 1.50 bits per heavy atom. The van der Waals surface area contributed by atoms with Crippen molar-refractivity contribution in [1.29, 1.82) is 0 Å². The van der Waals surface area contributed by atoms with Gasteiger partial charge in [-0.25, -0.2) is 18.1 Å². The van der Waals surface area contributed by atoms with Crippen molar-refractivity contribution in [1.82, 2.24) is 0 Å². The normalized spacial score (nSPS) is 59.1. The highest BCUT2D eigenvalue weighted by Gasteiger charge is 2.74. The zero-order chi connectivity index (χ0) is 5.83. The Balaban J connectivity index is 2.14. The molecule has 0 N–H and O–H groups in total. The Kier molecular flexibility index (Phi) is 0.756. The Morgan fingerprint density at radius 2 is 2.00 bits per heavy atom. The van der Waals surface area contributed by atoms with Crippen molar-refractivity contribution >= 4 is 20.5 Å². The van der Waals surface area contributed by atoms with Gasteiger partial charge in [-0.15, -0.1) is 0 Å². The fourth-order valence-corrected chi connectivity index (χ4v) is 2.37. The maximum absolute atomic E-state index is 10.4. The van der Waals surface area contributed by atoms with Gasteiger partial charge in [0, 0.05) is 0 Å². The monoisotopic (exact) mass is 154 g/mol. The van der Waals surface area contributed by atoms with Crippen LogP contribution in [0.5, 0.6) is 0 Å². The van der Waals surface area contributed by atoms with E-state index in [1.165, 1.54) is 0 Å². The lowest BCUT2D eigenvalue weighted by atomic mass is 10.7. The summed E-state index contributed by atoms with van der Waals surface area (Å²) in [5, 5.41) is 0. The number of phosphoric acid groups is 1. The molecule has 0 saturated carbocycles. The van der Waals surface area contributed by atoms with Crippen LogP contribution in [0, 0.1) is 0 Å². The molecule has 3 fully saturated rings. The molecule has 0 atom stereocenters. The fraction of sp³-hybridized carbons (Fsp3) is 1.00. The molecule has 0 aromatic heterocycles. The van der Waals surface area contributed by atoms with Gasteiger partial charge in [0.1, 0.15) is 0 Å². The summed E-state index contributed by atoms with van der Waals surface area (Å²) in [6, 6.07) is 0. The molecular formula is C2H3O4PS. The van der Waals surface area contributed by atoms with Gasteiger partial charge >= 0.3 is 13.8 Å². The third-order valence-corrected chi connectivity index (χ3v) is 2.84. The molecule has 0 aliphatic carbocycles. The lowest BCUT2D eigenvalue weighted by molar-refractivity contribution is -0.413. The minimum atomic E-state index is -2.95. The summed E-state index contributed by atoms with van der Waals surface area (Å²) < 4.78 is 24.2. The van der Waals surface area contributed by atoms with Gasteiger partial charge < -0.3 is 0 Å². The van der Waals surface area contributed by atoms with E-state index in [4.69, 9.17) is 0 Å². The summed E-state index contributed by atoms with van der Waals surface area (Å²) in [6.45, 7) is 0. The number of rotatable bonds is 1. The summed E-state index contributed by atoms with van der Waals surface area (Å²) >= 11 is 3.81. The molecule has 3 heterocycles. The van der Waals surface area contributed by atoms with Gasteiger partial charge in [-0.05, 0) is 0 Å². The van der Waals surface area contributed by atoms with Crippen LogP contribution in [0.1, 0.15) is 0 Å². The number of phosphoric ester groups is 1. The first-order chi connectivity index (χ1) is 3.68. The van der Waals surface area contributed by atoms with E-state index < -0.39 is 13.8 Å². The van der Waals surface area contributed by atoms with E-state index in [2.05, 4.69) is 26.2 Å². The molecule has 2 bridgehead atoms. The van der Waals surface area contributed by atoms with E-state index in [1.807, 2.05) is 0 Å². The number of thiol groups is 1. The SMILES string of the molecule is O=P12OC(CS)(O1)O2. The van der Waals surface area contributed by atoms with Crippen LogP contribution in [-0.4, -0.2) is 11.7 Å². The van der Waals surface area contributed by atoms with Gasteiger partial charge in [-0.3, -0.25) is 0 Å². The van der Waals surface area contributed by atoms with Crippen molar-refractivity contribution in [2.24, 2.45) is 0 Å². The second-order valence-electron chi connectivity index (χ2n) is 1.56. The highest BCUT2D eigenvalue weighted by molar-refractivity contribution is 7.80. The molecule has 3 aliphatic rings. The zero-order valence-electron chi connectivity index (χ0n) is 3.73. The molecule has 3 aliphatic heterocycles. The molecule has 4 nitrogen and oxygen atoms in total. The first-order valence-corrected chi connectivity index (χ1v) is 4.11. The third-order valence-electron chi connectivity index (χ3n) is 0.946. The Morgan fingerprint density at radius 3 is 2.12 bits per heavy atom. The average Bonchev–Trinajstić information content (AvgIpc) is 1.55. The van der Waals surface area contributed by atoms with E-state index in [0.717, 1.165) is 0 Å². The van der Waals surface area contributed by atoms with Crippen LogP contribution >= 0.6 is 20.5 Å². The summed E-state index contributed by atoms with van der Waals surface area (Å²) in [5.74, 6) is -0.740. The van der Waals surface area contributed by atoms with Gasteiger partial charge in [0.25, 0.3) is 0 Å². The van der Waals surface area contributed by atoms with Crippen molar-refractivity contribution in [3.8, 4) is 0 Å². The highest BCUT2D eigenvalue weighted by atomic mass is 32.1. The maximum atomic E-state index is 10.4. The van der Waals surface area contributed by atoms with Gasteiger partial charge in [0.2, 0.25) is 0 Å². The first kappa shape index (κ1) is 5.26. The third kappa shape index (κ3) is 0.418. The average molecular weight is 154 g/mol. The smallest absolute Gasteiger partial charge is 0.227 e. The molecule has 0 amide bonds. The highest BCUT2D eigenvalue weighted by Crippen LogP contribution is 2.79. The summed E-state index contributed by atoms with van der Waals surface area (Å²) in [7, 11) is -2.95. The Hall–Kier alpha value is 0.460. The predicted octanol–water partition coefficient (Wildman–Crippen LogP) is 0.755. The topological polar surface area (TPSA) is 44.8 Å². The Bertz CT molecular complexity index is 152. The van der Waals surface area contributed by atoms with Crippen LogP contribution in [0.3, 0.4) is 0 Å². The molecule has 0 aromatic rings. The van der Waals surface area contributed by atoms with Crippen LogP contribution in [0.15, 0.2) is 0 Å². The lowest BCUT2D eigenvalue weighted by Crippen LogP contribution is -2.58. The van der Waals surface area contributed by atoms with Crippen molar-refractivity contribution in [2.45, 2.75) is 5.97 Å². The van der Waals surface area contributed by atoms with Crippen LogP contribution in [0.4, 0.5) is 0 Å². The van der Waals surface area contributed by atoms with Crippen molar-refractivity contribution in [3.63, 3.8) is 0 Å². The minimum Gasteiger partial charge on any atom is -0.227 e. The molecule has 3 saturated heterocycles. The Labute approximate surface area is 51.1 Å². The van der Waals surface area contributed by atoms with Crippen molar-refractivity contribution < 1.29 is 18.1 Å². The molecule has 0 spiro atoms. The molecule has 0 aromatic carbocycles. The summed E-state index contributed by atoms with van der Waals surface area (Å²) in [4.78, 5) is 0. The molecule has 8 heavy (non-hydrogen) atoms. The van der Waals surface area contributed by atoms with Crippen molar-refractivity contribution in [3.05, 3.63) is 0 Å². The first-order valence-electron chi connectivity index (χ1n) is 2.01. The fourth-order valence-electron chi connectivity index (χ4n) is 0.618. The van der Waals surface area contributed by atoms with Crippen LogP contribution < -0.4 is 0 Å². The van der Waals surface area contributed by atoms with Crippen LogP contribution in [0.2, 0.25) is 0 Å². The molecule has 3 rings (SSSR count). The summed E-state index contributed by atoms with van der Waals surface area (Å²) in [5.41, 5.74) is 0. The van der Waals surface area contributed by atoms with Gasteiger partial charge in [0.05, 0.1) is 5.75 Å². The van der Waals surface area contributed by atoms with Crippen molar-refractivity contribution in [2.75, 3.05) is 5.75 Å². The quantitative estimate of drug-likeness (QED) is 0.447. The molecule has 46 valence electrons. The van der Waals surface area contributed by atoms with E-state index in [-0.39, 0.29) is 5.75 Å². The van der Waals surface area contributed by atoms with E-state index in [1.54, 1.807) is 0 Å². The van der Waals surface area contributed by atoms with E-state index in [9.17, 15) is 4.57 Å². The van der Waals surface area contributed by atoms with Gasteiger partial charge in [-0.1, -0.05) is 0 Å². The van der Waals surface area contributed by atoms with E-state index >= 15 is 0 Å². The predicted molar refractivity (Wildman–Crippen MR) is 27.4 cm³/mol. The number of hydrogen-bond acceptors (Lipinski definition) is 5. The van der Waals surface area contributed by atoms with Gasteiger partial charge in [0.15, 0.2) is 0 Å². The van der Waals surface area contributed by atoms with E-state index in [0.29, 0.717) is 0 Å².